The lowest BCUT2D eigenvalue weighted by Gasteiger charge is -2.44. The summed E-state index contributed by atoms with van der Waals surface area (Å²) in [4.78, 5) is 24.2. The second kappa shape index (κ2) is 8.60. The van der Waals surface area contributed by atoms with Gasteiger partial charge in [0.25, 0.3) is 5.91 Å². The van der Waals surface area contributed by atoms with Gasteiger partial charge in [-0.2, -0.15) is 0 Å². The Morgan fingerprint density at radius 1 is 1.31 bits per heavy atom. The number of ether oxygens (including phenoxy) is 1. The number of aromatic nitrogens is 2. The summed E-state index contributed by atoms with van der Waals surface area (Å²) >= 11 is 1.42. The number of aliphatic imine (C=N–C) groups is 1. The molecule has 1 unspecified atom stereocenters. The van der Waals surface area contributed by atoms with Crippen LogP contribution in [0.25, 0.3) is 0 Å². The Labute approximate surface area is 176 Å². The minimum Gasteiger partial charge on any atom is -0.381 e. The van der Waals surface area contributed by atoms with E-state index in [0.29, 0.717) is 41.8 Å². The number of fused-ring (bicyclic) bond motifs is 1. The molecule has 0 saturated carbocycles. The minimum atomic E-state index is -0.829. The second-order valence-corrected chi connectivity index (χ2v) is 7.62. The van der Waals surface area contributed by atoms with Crippen LogP contribution in [0.4, 0.5) is 14.5 Å². The lowest BCUT2D eigenvalue weighted by molar-refractivity contribution is 0.00886. The molecular weight excluding hydrogens is 424 g/mol. The Balaban J connectivity index is 0.00000240. The molecule has 1 amide bonds. The summed E-state index contributed by atoms with van der Waals surface area (Å²) in [6.07, 6.45) is 2.30. The predicted molar refractivity (Wildman–Crippen MR) is 108 cm³/mol. The summed E-state index contributed by atoms with van der Waals surface area (Å²) in [5.41, 5.74) is 5.85. The van der Waals surface area contributed by atoms with E-state index in [9.17, 15) is 13.6 Å². The number of hydrogen-bond donors (Lipinski definition) is 2. The summed E-state index contributed by atoms with van der Waals surface area (Å²) in [6, 6.07) is 4.28. The van der Waals surface area contributed by atoms with Gasteiger partial charge in [-0.3, -0.25) is 9.79 Å². The average Bonchev–Trinajstić information content (AvgIpc) is 2.69. The molecule has 154 valence electrons. The van der Waals surface area contributed by atoms with E-state index in [4.69, 9.17) is 10.5 Å². The van der Waals surface area contributed by atoms with Crippen LogP contribution < -0.4 is 11.1 Å². The number of nitrogens with zero attached hydrogens (tertiary/aromatic N) is 3. The average molecular weight is 442 g/mol. The summed E-state index contributed by atoms with van der Waals surface area (Å²) < 4.78 is 33.3. The summed E-state index contributed by atoms with van der Waals surface area (Å²) in [5, 5.41) is 3.03. The van der Waals surface area contributed by atoms with Crippen molar-refractivity contribution in [1.29, 1.82) is 0 Å². The number of hydrogen-bond acceptors (Lipinski definition) is 7. The monoisotopic (exact) mass is 441 g/mol. The molecule has 0 aliphatic carbocycles. The number of thioether (sulfide) groups is 1. The fourth-order valence-corrected chi connectivity index (χ4v) is 4.48. The molecule has 4 rings (SSSR count). The number of rotatable bonds is 3. The van der Waals surface area contributed by atoms with Crippen molar-refractivity contribution in [3.05, 3.63) is 53.6 Å². The van der Waals surface area contributed by atoms with Gasteiger partial charge in [0.05, 0.1) is 24.5 Å². The third-order valence-corrected chi connectivity index (χ3v) is 5.83. The third kappa shape index (κ3) is 4.19. The van der Waals surface area contributed by atoms with E-state index in [1.54, 1.807) is 6.07 Å². The molecule has 0 spiro atoms. The maximum absolute atomic E-state index is 14.8. The van der Waals surface area contributed by atoms with E-state index in [0.717, 1.165) is 12.4 Å². The number of benzene rings is 1. The van der Waals surface area contributed by atoms with Gasteiger partial charge in [-0.05, 0) is 18.2 Å². The van der Waals surface area contributed by atoms with E-state index in [1.807, 2.05) is 0 Å². The highest BCUT2D eigenvalue weighted by Gasteiger charge is 2.47. The molecular formula is C18H18ClF2N5O2S. The molecule has 1 saturated heterocycles. The van der Waals surface area contributed by atoms with Crippen LogP contribution in [-0.4, -0.2) is 40.0 Å². The van der Waals surface area contributed by atoms with Crippen molar-refractivity contribution in [3.8, 4) is 0 Å². The summed E-state index contributed by atoms with van der Waals surface area (Å²) in [5.74, 6) is -1.23. The number of amides is 1. The Bertz CT molecular complexity index is 946. The number of nitrogens with one attached hydrogen (secondary N) is 1. The highest BCUT2D eigenvalue weighted by Crippen LogP contribution is 2.46. The molecule has 3 heterocycles. The molecule has 0 bridgehead atoms. The Morgan fingerprint density at radius 3 is 2.83 bits per heavy atom. The zero-order valence-corrected chi connectivity index (χ0v) is 16.7. The van der Waals surface area contributed by atoms with E-state index in [-0.39, 0.29) is 24.1 Å². The van der Waals surface area contributed by atoms with Gasteiger partial charge < -0.3 is 15.8 Å². The normalized spacial score (nSPS) is 23.4. The van der Waals surface area contributed by atoms with Crippen LogP contribution in [0.1, 0.15) is 22.6 Å². The van der Waals surface area contributed by atoms with Crippen molar-refractivity contribution < 1.29 is 18.3 Å². The lowest BCUT2D eigenvalue weighted by atomic mass is 9.75. The van der Waals surface area contributed by atoms with E-state index >= 15 is 0 Å². The Hall–Kier alpha value is -2.30. The van der Waals surface area contributed by atoms with Gasteiger partial charge in [0.2, 0.25) is 5.82 Å². The molecule has 1 aromatic carbocycles. The fourth-order valence-electron chi connectivity index (χ4n) is 3.51. The largest absolute Gasteiger partial charge is 0.381 e. The van der Waals surface area contributed by atoms with Gasteiger partial charge in [0.15, 0.2) is 11.0 Å². The molecule has 7 nitrogen and oxygen atoms in total. The first-order valence-corrected chi connectivity index (χ1v) is 9.61. The molecule has 11 heteroatoms. The molecule has 1 aromatic heterocycles. The maximum atomic E-state index is 14.8. The van der Waals surface area contributed by atoms with Crippen LogP contribution in [0.2, 0.25) is 0 Å². The van der Waals surface area contributed by atoms with Gasteiger partial charge in [-0.1, -0.05) is 11.8 Å². The molecule has 1 fully saturated rings. The minimum absolute atomic E-state index is 0. The number of nitrogens with two attached hydrogens (primary N) is 1. The molecule has 2 aliphatic rings. The number of carbonyl (C=O) groups is 1. The first kappa shape index (κ1) is 21.4. The number of amidine groups is 1. The summed E-state index contributed by atoms with van der Waals surface area (Å²) in [6.45, 7) is 0.903. The van der Waals surface area contributed by atoms with E-state index in [1.165, 1.54) is 23.9 Å². The van der Waals surface area contributed by atoms with Crippen LogP contribution in [0, 0.1) is 17.6 Å². The Morgan fingerprint density at radius 2 is 2.07 bits per heavy atom. The smallest absolute Gasteiger partial charge is 0.293 e. The van der Waals surface area contributed by atoms with Gasteiger partial charge in [0, 0.05) is 35.9 Å². The van der Waals surface area contributed by atoms with Crippen molar-refractivity contribution in [1.82, 2.24) is 9.97 Å². The topological polar surface area (TPSA) is 102 Å². The van der Waals surface area contributed by atoms with Gasteiger partial charge in [-0.15, -0.1) is 12.4 Å². The van der Waals surface area contributed by atoms with Crippen LogP contribution in [0.3, 0.4) is 0 Å². The van der Waals surface area contributed by atoms with Crippen molar-refractivity contribution in [2.75, 3.05) is 24.3 Å². The number of carbonyl (C=O) groups excluding carboxylic acids is 1. The standard InChI is InChI=1S/C18H17F2N5O2S.ClH/c19-11-6-22-15(23-7-11)16(26)24-12-1-2-14(20)13(5-12)18-3-4-27-8-10(18)9-28-17(21)25-18;/h1-2,5-7,10H,3-4,8-9H2,(H2,21,25)(H,24,26);1H/t10?,18-;/m0./s1. The summed E-state index contributed by atoms with van der Waals surface area (Å²) in [7, 11) is 0. The van der Waals surface area contributed by atoms with Crippen molar-refractivity contribution in [2.24, 2.45) is 16.6 Å². The highest BCUT2D eigenvalue weighted by atomic mass is 35.5. The Kier molecular flexibility index (Phi) is 6.35. The highest BCUT2D eigenvalue weighted by molar-refractivity contribution is 8.13. The van der Waals surface area contributed by atoms with Crippen molar-refractivity contribution in [3.63, 3.8) is 0 Å². The number of halogens is 3. The van der Waals surface area contributed by atoms with Crippen LogP contribution >= 0.6 is 24.2 Å². The first-order chi connectivity index (χ1) is 13.5. The molecule has 29 heavy (non-hydrogen) atoms. The zero-order chi connectivity index (χ0) is 19.7. The van der Waals surface area contributed by atoms with Crippen LogP contribution in [0.15, 0.2) is 35.6 Å². The predicted octanol–water partition coefficient (Wildman–Crippen LogP) is 2.72. The van der Waals surface area contributed by atoms with Crippen molar-refractivity contribution in [2.45, 2.75) is 12.0 Å². The SMILES string of the molecule is Cl.NC1=N[C@@]2(c3cc(NC(=O)c4ncc(F)cn4)ccc3F)CCOCC2CS1. The maximum Gasteiger partial charge on any atom is 0.293 e. The van der Waals surface area contributed by atoms with Gasteiger partial charge in [0.1, 0.15) is 5.82 Å². The third-order valence-electron chi connectivity index (χ3n) is 4.88. The van der Waals surface area contributed by atoms with Crippen molar-refractivity contribution >= 4 is 40.9 Å². The quantitative estimate of drug-likeness (QED) is 0.759. The van der Waals surface area contributed by atoms with Gasteiger partial charge in [-0.25, -0.2) is 18.7 Å². The molecule has 2 aromatic rings. The first-order valence-electron chi connectivity index (χ1n) is 8.63. The van der Waals surface area contributed by atoms with Crippen LogP contribution in [0.5, 0.6) is 0 Å². The second-order valence-electron chi connectivity index (χ2n) is 6.58. The molecule has 2 atom stereocenters. The van der Waals surface area contributed by atoms with Crippen LogP contribution in [-0.2, 0) is 10.3 Å². The van der Waals surface area contributed by atoms with E-state index < -0.39 is 23.1 Å². The lowest BCUT2D eigenvalue weighted by Crippen LogP contribution is -2.47. The van der Waals surface area contributed by atoms with E-state index in [2.05, 4.69) is 20.3 Å². The molecule has 3 N–H and O–H groups in total. The fraction of sp³-hybridized carbons (Fsp3) is 0.333. The molecule has 2 aliphatic heterocycles. The number of anilines is 1. The molecule has 0 radical (unpaired) electrons. The zero-order valence-electron chi connectivity index (χ0n) is 15.1. The van der Waals surface area contributed by atoms with Gasteiger partial charge >= 0.3 is 0 Å².